The molecule has 1 aromatic heterocycles. The minimum absolute atomic E-state index is 0.180. The molecule has 0 radical (unpaired) electrons. The Hall–Kier alpha value is -1.43. The predicted molar refractivity (Wildman–Crippen MR) is 104 cm³/mol. The van der Waals surface area contributed by atoms with Crippen LogP contribution in [-0.4, -0.2) is 8.42 Å². The molecule has 3 nitrogen and oxygen atoms in total. The van der Waals surface area contributed by atoms with Gasteiger partial charge in [-0.1, -0.05) is 25.0 Å². The molecular formula is C20H23NO2S2. The molecule has 1 fully saturated rings. The number of nitrogens with two attached hydrogens (primary N) is 1. The lowest BCUT2D eigenvalue weighted by Gasteiger charge is -2.23. The van der Waals surface area contributed by atoms with Crippen LogP contribution in [0.25, 0.3) is 11.1 Å². The van der Waals surface area contributed by atoms with Gasteiger partial charge in [0.2, 0.25) is 10.0 Å². The van der Waals surface area contributed by atoms with Crippen LogP contribution in [0.3, 0.4) is 0 Å². The van der Waals surface area contributed by atoms with Gasteiger partial charge < -0.3 is 0 Å². The highest BCUT2D eigenvalue weighted by Gasteiger charge is 2.41. The summed E-state index contributed by atoms with van der Waals surface area (Å²) in [6.45, 7) is 2.14. The van der Waals surface area contributed by atoms with Gasteiger partial charge in [0.15, 0.2) is 0 Å². The van der Waals surface area contributed by atoms with Crippen molar-refractivity contribution in [2.45, 2.75) is 50.3 Å². The van der Waals surface area contributed by atoms with Crippen molar-refractivity contribution < 1.29 is 8.42 Å². The number of allylic oxidation sites excluding steroid dienone is 2. The molecule has 1 heterocycles. The van der Waals surface area contributed by atoms with E-state index >= 15 is 0 Å². The molecule has 0 atom stereocenters. The lowest BCUT2D eigenvalue weighted by Crippen LogP contribution is -2.12. The molecule has 25 heavy (non-hydrogen) atoms. The largest absolute Gasteiger partial charge is 0.238 e. The molecule has 2 N–H and O–H groups in total. The minimum atomic E-state index is -3.64. The third kappa shape index (κ3) is 3.21. The van der Waals surface area contributed by atoms with Gasteiger partial charge in [-0.2, -0.15) is 0 Å². The van der Waals surface area contributed by atoms with Crippen LogP contribution in [0.4, 0.5) is 0 Å². The first-order chi connectivity index (χ1) is 11.9. The number of sulfonamides is 1. The smallest absolute Gasteiger partial charge is 0.225 e. The van der Waals surface area contributed by atoms with E-state index in [0.717, 1.165) is 18.4 Å². The average molecular weight is 374 g/mol. The average Bonchev–Trinajstić information content (AvgIpc) is 3.28. The second kappa shape index (κ2) is 6.08. The first-order valence-corrected chi connectivity index (χ1v) is 11.2. The second-order valence-electron chi connectivity index (χ2n) is 7.58. The molecule has 2 aliphatic carbocycles. The maximum absolute atomic E-state index is 11.5. The Morgan fingerprint density at radius 1 is 1.04 bits per heavy atom. The van der Waals surface area contributed by atoms with Crippen molar-refractivity contribution in [3.63, 3.8) is 0 Å². The fourth-order valence-corrected chi connectivity index (χ4v) is 5.94. The number of primary sulfonamides is 1. The van der Waals surface area contributed by atoms with Gasteiger partial charge in [-0.05, 0) is 83.9 Å². The summed E-state index contributed by atoms with van der Waals surface area (Å²) in [5.41, 5.74) is 5.72. The summed E-state index contributed by atoms with van der Waals surface area (Å²) in [5, 5.41) is 7.45. The molecule has 1 aromatic carbocycles. The van der Waals surface area contributed by atoms with E-state index in [9.17, 15) is 8.42 Å². The monoisotopic (exact) mass is 373 g/mol. The lowest BCUT2D eigenvalue weighted by molar-refractivity contribution is 0.330. The molecule has 2 aliphatic rings. The third-order valence-electron chi connectivity index (χ3n) is 5.69. The van der Waals surface area contributed by atoms with Crippen LogP contribution in [0.1, 0.15) is 54.5 Å². The van der Waals surface area contributed by atoms with Gasteiger partial charge >= 0.3 is 0 Å². The predicted octanol–water partition coefficient (Wildman–Crippen LogP) is 4.97. The number of benzene rings is 1. The summed E-state index contributed by atoms with van der Waals surface area (Å²) in [5.74, 6) is 0. The van der Waals surface area contributed by atoms with E-state index in [2.05, 4.69) is 18.4 Å². The van der Waals surface area contributed by atoms with E-state index in [4.69, 9.17) is 5.14 Å². The molecule has 0 unspecified atom stereocenters. The zero-order valence-electron chi connectivity index (χ0n) is 14.4. The zero-order valence-corrected chi connectivity index (χ0v) is 16.1. The van der Waals surface area contributed by atoms with Crippen LogP contribution in [0.2, 0.25) is 0 Å². The highest BCUT2D eigenvalue weighted by molar-refractivity contribution is 7.89. The van der Waals surface area contributed by atoms with Gasteiger partial charge in [0.25, 0.3) is 0 Å². The summed E-state index contributed by atoms with van der Waals surface area (Å²) in [6.07, 6.45) is 7.52. The first kappa shape index (κ1) is 17.0. The van der Waals surface area contributed by atoms with Crippen molar-refractivity contribution >= 4 is 32.5 Å². The zero-order chi connectivity index (χ0) is 17.7. The summed E-state index contributed by atoms with van der Waals surface area (Å²) in [7, 11) is -3.64. The number of aryl methyl sites for hydroxylation is 1. The van der Waals surface area contributed by atoms with Crippen molar-refractivity contribution in [2.24, 2.45) is 10.6 Å². The Morgan fingerprint density at radius 3 is 2.24 bits per heavy atom. The number of hydrogen-bond acceptors (Lipinski definition) is 3. The molecule has 4 rings (SSSR count). The van der Waals surface area contributed by atoms with Gasteiger partial charge in [-0.3, -0.25) is 0 Å². The Bertz CT molecular complexity index is 930. The van der Waals surface area contributed by atoms with Gasteiger partial charge in [0.05, 0.1) is 4.90 Å². The number of hydrogen-bond donors (Lipinski definition) is 1. The van der Waals surface area contributed by atoms with E-state index in [0.29, 0.717) is 5.41 Å². The fraction of sp³-hybridized carbons (Fsp3) is 0.400. The van der Waals surface area contributed by atoms with E-state index in [1.807, 2.05) is 23.5 Å². The van der Waals surface area contributed by atoms with Crippen molar-refractivity contribution in [2.75, 3.05) is 0 Å². The lowest BCUT2D eigenvalue weighted by atomic mass is 9.81. The fourth-order valence-electron chi connectivity index (χ4n) is 4.45. The van der Waals surface area contributed by atoms with Crippen molar-refractivity contribution in [1.29, 1.82) is 0 Å². The number of rotatable bonds is 3. The molecule has 2 aromatic rings. The molecular weight excluding hydrogens is 350 g/mol. The molecule has 132 valence electrons. The Labute approximate surface area is 153 Å². The van der Waals surface area contributed by atoms with Crippen LogP contribution < -0.4 is 5.14 Å². The van der Waals surface area contributed by atoms with E-state index in [-0.39, 0.29) is 4.90 Å². The third-order valence-corrected chi connectivity index (χ3v) is 7.73. The SMILES string of the molecule is Cc1csc(C2=C(c3ccc(S(N)(=O)=O)cc3)CC3(CCCC3)C2)c1. The van der Waals surface area contributed by atoms with Crippen molar-refractivity contribution in [3.05, 3.63) is 51.7 Å². The maximum atomic E-state index is 11.5. The van der Waals surface area contributed by atoms with Gasteiger partial charge in [0, 0.05) is 4.88 Å². The molecule has 0 amide bonds. The van der Waals surface area contributed by atoms with E-state index < -0.39 is 10.0 Å². The molecule has 0 bridgehead atoms. The van der Waals surface area contributed by atoms with Crippen LogP contribution in [0, 0.1) is 12.3 Å². The van der Waals surface area contributed by atoms with Gasteiger partial charge in [-0.15, -0.1) is 11.3 Å². The summed E-state index contributed by atoms with van der Waals surface area (Å²) in [6, 6.07) is 9.39. The summed E-state index contributed by atoms with van der Waals surface area (Å²) in [4.78, 5) is 1.55. The molecule has 5 heteroatoms. The topological polar surface area (TPSA) is 60.2 Å². The second-order valence-corrected chi connectivity index (χ2v) is 10.0. The van der Waals surface area contributed by atoms with Crippen LogP contribution in [-0.2, 0) is 10.0 Å². The van der Waals surface area contributed by atoms with Crippen LogP contribution in [0.5, 0.6) is 0 Å². The van der Waals surface area contributed by atoms with Crippen molar-refractivity contribution in [1.82, 2.24) is 0 Å². The summed E-state index contributed by atoms with van der Waals surface area (Å²) >= 11 is 1.82. The molecule has 1 spiro atoms. The Balaban J connectivity index is 1.77. The van der Waals surface area contributed by atoms with Gasteiger partial charge in [0.1, 0.15) is 0 Å². The molecule has 0 saturated heterocycles. The molecule has 0 aliphatic heterocycles. The van der Waals surface area contributed by atoms with E-state index in [1.165, 1.54) is 47.3 Å². The van der Waals surface area contributed by atoms with Crippen LogP contribution in [0.15, 0.2) is 40.6 Å². The van der Waals surface area contributed by atoms with Crippen LogP contribution >= 0.6 is 11.3 Å². The Kier molecular flexibility index (Phi) is 4.13. The maximum Gasteiger partial charge on any atom is 0.238 e. The molecule has 1 saturated carbocycles. The Morgan fingerprint density at radius 2 is 1.68 bits per heavy atom. The highest BCUT2D eigenvalue weighted by Crippen LogP contribution is 2.58. The first-order valence-electron chi connectivity index (χ1n) is 8.77. The quantitative estimate of drug-likeness (QED) is 0.826. The number of thiophene rings is 1. The minimum Gasteiger partial charge on any atom is -0.225 e. The highest BCUT2D eigenvalue weighted by atomic mass is 32.2. The normalized spacial score (nSPS) is 19.9. The van der Waals surface area contributed by atoms with Crippen molar-refractivity contribution in [3.8, 4) is 0 Å². The van der Waals surface area contributed by atoms with Gasteiger partial charge in [-0.25, -0.2) is 13.6 Å². The summed E-state index contributed by atoms with van der Waals surface area (Å²) < 4.78 is 23.1. The standard InChI is InChI=1S/C20H23NO2S2/c1-14-10-19(24-13-14)18-12-20(8-2-3-9-20)11-17(18)15-4-6-16(7-5-15)25(21,22)23/h4-7,10,13H,2-3,8-9,11-12H2,1H3,(H2,21,22,23). The van der Waals surface area contributed by atoms with E-state index in [1.54, 1.807) is 12.1 Å².